The summed E-state index contributed by atoms with van der Waals surface area (Å²) in [6.07, 6.45) is 3.13. The van der Waals surface area contributed by atoms with Gasteiger partial charge in [0.25, 0.3) is 0 Å². The zero-order valence-corrected chi connectivity index (χ0v) is 18.0. The lowest BCUT2D eigenvalue weighted by atomic mass is 9.83. The van der Waals surface area contributed by atoms with Crippen molar-refractivity contribution < 1.29 is 18.6 Å². The average Bonchev–Trinajstić information content (AvgIpc) is 2.81. The summed E-state index contributed by atoms with van der Waals surface area (Å²) in [7, 11) is 1.55. The monoisotopic (exact) mass is 432 g/mol. The third kappa shape index (κ3) is 3.76. The Morgan fingerprint density at radius 1 is 1.16 bits per heavy atom. The van der Waals surface area contributed by atoms with E-state index in [0.29, 0.717) is 40.4 Å². The van der Waals surface area contributed by atoms with Crippen LogP contribution < -0.4 is 25.6 Å². The number of para-hydroxylation sites is 1. The summed E-state index contributed by atoms with van der Waals surface area (Å²) in [5, 5.41) is 10.4. The molecule has 2 N–H and O–H groups in total. The normalized spacial score (nSPS) is 15.1. The Balaban J connectivity index is 1.84. The number of methoxy groups -OCH3 is 1. The highest BCUT2D eigenvalue weighted by atomic mass is 16.5. The smallest absolute Gasteiger partial charge is 0.344 e. The molecule has 7 nitrogen and oxygen atoms in total. The molecule has 1 atom stereocenters. The van der Waals surface area contributed by atoms with Crippen molar-refractivity contribution in [2.75, 3.05) is 13.7 Å². The molecule has 2 aromatic carbocycles. The molecule has 164 valence electrons. The lowest BCUT2D eigenvalue weighted by Crippen LogP contribution is -2.26. The van der Waals surface area contributed by atoms with Gasteiger partial charge in [0.1, 0.15) is 17.2 Å². The fraction of sp³-hybridized carbons (Fsp3) is 0.280. The van der Waals surface area contributed by atoms with Crippen LogP contribution in [-0.2, 0) is 0 Å². The molecule has 0 bridgehead atoms. The highest BCUT2D eigenvalue weighted by molar-refractivity contribution is 5.86. The van der Waals surface area contributed by atoms with Crippen molar-refractivity contribution in [3.63, 3.8) is 0 Å². The van der Waals surface area contributed by atoms with E-state index in [1.165, 1.54) is 0 Å². The highest BCUT2D eigenvalue weighted by Gasteiger charge is 2.35. The van der Waals surface area contributed by atoms with Crippen molar-refractivity contribution in [1.29, 1.82) is 5.26 Å². The van der Waals surface area contributed by atoms with Crippen LogP contribution >= 0.6 is 0 Å². The molecule has 1 aromatic heterocycles. The van der Waals surface area contributed by atoms with E-state index in [9.17, 15) is 10.1 Å². The summed E-state index contributed by atoms with van der Waals surface area (Å²) < 4.78 is 22.7. The van der Waals surface area contributed by atoms with Crippen LogP contribution in [0.2, 0.25) is 0 Å². The predicted octanol–water partition coefficient (Wildman–Crippen LogP) is 4.59. The SMILES string of the molecule is CCCCCOc1ccc([C@H]2C(C#N)=C(N)Oc3c2c(=O)oc2ccccc32)cc1OC. The van der Waals surface area contributed by atoms with Crippen molar-refractivity contribution in [1.82, 2.24) is 0 Å². The number of hydrogen-bond donors (Lipinski definition) is 1. The van der Waals surface area contributed by atoms with Crippen LogP contribution in [0.3, 0.4) is 0 Å². The van der Waals surface area contributed by atoms with Crippen LogP contribution in [0.25, 0.3) is 11.0 Å². The maximum atomic E-state index is 13.0. The Morgan fingerprint density at radius 3 is 2.72 bits per heavy atom. The van der Waals surface area contributed by atoms with Crippen LogP contribution in [-0.4, -0.2) is 13.7 Å². The van der Waals surface area contributed by atoms with Gasteiger partial charge in [-0.2, -0.15) is 5.26 Å². The number of nitrogens with zero attached hydrogens (tertiary/aromatic N) is 1. The van der Waals surface area contributed by atoms with Gasteiger partial charge in [0.2, 0.25) is 5.88 Å². The Kier molecular flexibility index (Phi) is 6.04. The number of rotatable bonds is 7. The molecule has 2 heterocycles. The molecule has 0 saturated heterocycles. The summed E-state index contributed by atoms with van der Waals surface area (Å²) in [6.45, 7) is 2.71. The largest absolute Gasteiger partial charge is 0.493 e. The van der Waals surface area contributed by atoms with Gasteiger partial charge in [-0.05, 0) is 36.2 Å². The van der Waals surface area contributed by atoms with Gasteiger partial charge >= 0.3 is 5.63 Å². The number of allylic oxidation sites excluding steroid dienone is 1. The zero-order valence-electron chi connectivity index (χ0n) is 18.0. The molecule has 0 saturated carbocycles. The molecule has 1 aliphatic rings. The quantitative estimate of drug-likeness (QED) is 0.430. The predicted molar refractivity (Wildman–Crippen MR) is 120 cm³/mol. The molecule has 32 heavy (non-hydrogen) atoms. The first-order valence-electron chi connectivity index (χ1n) is 10.5. The minimum atomic E-state index is -0.757. The second-order valence-corrected chi connectivity index (χ2v) is 7.52. The van der Waals surface area contributed by atoms with Gasteiger partial charge in [-0.3, -0.25) is 0 Å². The molecule has 0 aliphatic carbocycles. The maximum Gasteiger partial charge on any atom is 0.344 e. The average molecular weight is 432 g/mol. The molecule has 1 aliphatic heterocycles. The van der Waals surface area contributed by atoms with E-state index in [1.807, 2.05) is 6.07 Å². The van der Waals surface area contributed by atoms with E-state index in [1.54, 1.807) is 43.5 Å². The number of hydrogen-bond acceptors (Lipinski definition) is 7. The summed E-state index contributed by atoms with van der Waals surface area (Å²) in [6, 6.07) is 14.5. The van der Waals surface area contributed by atoms with Crippen LogP contribution in [0.5, 0.6) is 17.2 Å². The van der Waals surface area contributed by atoms with Gasteiger partial charge in [-0.15, -0.1) is 0 Å². The summed E-state index contributed by atoms with van der Waals surface area (Å²) in [4.78, 5) is 13.0. The summed E-state index contributed by atoms with van der Waals surface area (Å²) in [5.41, 5.74) is 6.93. The molecule has 0 amide bonds. The molecular formula is C25H24N2O5. The summed E-state index contributed by atoms with van der Waals surface area (Å²) >= 11 is 0. The van der Waals surface area contributed by atoms with Crippen LogP contribution in [0.1, 0.15) is 43.2 Å². The van der Waals surface area contributed by atoms with Crippen LogP contribution in [0.4, 0.5) is 0 Å². The number of benzene rings is 2. The van der Waals surface area contributed by atoms with Gasteiger partial charge in [-0.25, -0.2) is 4.79 Å². The van der Waals surface area contributed by atoms with E-state index in [0.717, 1.165) is 19.3 Å². The molecule has 7 heteroatoms. The topological polar surface area (TPSA) is 108 Å². The molecule has 0 radical (unpaired) electrons. The lowest BCUT2D eigenvalue weighted by molar-refractivity contribution is 0.286. The van der Waals surface area contributed by atoms with Crippen LogP contribution in [0.15, 0.2) is 63.1 Å². The first kappa shape index (κ1) is 21.3. The number of fused-ring (bicyclic) bond motifs is 3. The fourth-order valence-electron chi connectivity index (χ4n) is 3.92. The van der Waals surface area contributed by atoms with Gasteiger partial charge < -0.3 is 24.4 Å². The van der Waals surface area contributed by atoms with E-state index < -0.39 is 11.5 Å². The Hall–Kier alpha value is -3.92. The molecule has 0 spiro atoms. The highest BCUT2D eigenvalue weighted by Crippen LogP contribution is 2.45. The molecule has 0 fully saturated rings. The Morgan fingerprint density at radius 2 is 1.97 bits per heavy atom. The fourth-order valence-corrected chi connectivity index (χ4v) is 3.92. The second-order valence-electron chi connectivity index (χ2n) is 7.52. The van der Waals surface area contributed by atoms with Crippen molar-refractivity contribution in [3.8, 4) is 23.3 Å². The van der Waals surface area contributed by atoms with Crippen molar-refractivity contribution in [3.05, 3.63) is 75.5 Å². The number of nitrogens with two attached hydrogens (primary N) is 1. The molecule has 3 aromatic rings. The van der Waals surface area contributed by atoms with Gasteiger partial charge in [0, 0.05) is 0 Å². The van der Waals surface area contributed by atoms with E-state index in [-0.39, 0.29) is 17.0 Å². The molecule has 4 rings (SSSR count). The number of ether oxygens (including phenoxy) is 3. The number of unbranched alkanes of at least 4 members (excludes halogenated alkanes) is 2. The van der Waals surface area contributed by atoms with Gasteiger partial charge in [-0.1, -0.05) is 38.0 Å². The Labute approximate surface area is 185 Å². The second kappa shape index (κ2) is 9.06. The number of nitriles is 1. The zero-order chi connectivity index (χ0) is 22.7. The Bertz CT molecular complexity index is 1290. The first-order chi connectivity index (χ1) is 15.6. The summed E-state index contributed by atoms with van der Waals surface area (Å²) in [5.74, 6) is 0.609. The van der Waals surface area contributed by atoms with Crippen LogP contribution in [0, 0.1) is 11.3 Å². The van der Waals surface area contributed by atoms with E-state index >= 15 is 0 Å². The van der Waals surface area contributed by atoms with Gasteiger partial charge in [0.05, 0.1) is 30.6 Å². The first-order valence-corrected chi connectivity index (χ1v) is 10.5. The maximum absolute atomic E-state index is 13.0. The van der Waals surface area contributed by atoms with E-state index in [4.69, 9.17) is 24.4 Å². The van der Waals surface area contributed by atoms with Crippen molar-refractivity contribution in [2.24, 2.45) is 5.73 Å². The standard InChI is InChI=1S/C25H24N2O5/c1-3-4-7-12-30-19-11-10-15(13-20(19)29-2)21-17(14-26)24(27)32-23-16-8-5-6-9-18(16)31-25(28)22(21)23/h5-6,8-11,13,21H,3-4,7,12,27H2,1-2H3/t21-/m0/s1. The third-order valence-corrected chi connectivity index (χ3v) is 5.50. The van der Waals surface area contributed by atoms with E-state index in [2.05, 4.69) is 13.0 Å². The third-order valence-electron chi connectivity index (χ3n) is 5.50. The minimum absolute atomic E-state index is 0.0420. The molecular weight excluding hydrogens is 408 g/mol. The van der Waals surface area contributed by atoms with Crippen molar-refractivity contribution >= 4 is 11.0 Å². The minimum Gasteiger partial charge on any atom is -0.493 e. The van der Waals surface area contributed by atoms with Crippen molar-refractivity contribution in [2.45, 2.75) is 32.1 Å². The lowest BCUT2D eigenvalue weighted by Gasteiger charge is -2.26. The molecule has 0 unspecified atom stereocenters. The van der Waals surface area contributed by atoms with Gasteiger partial charge in [0.15, 0.2) is 17.2 Å².